The van der Waals surface area contributed by atoms with E-state index in [0.29, 0.717) is 25.2 Å². The molecule has 0 bridgehead atoms. The number of non-ortho nitro benzene ring substituents is 1. The molecule has 0 aliphatic carbocycles. The van der Waals surface area contributed by atoms with Gasteiger partial charge in [0.1, 0.15) is 5.75 Å². The third-order valence-electron chi connectivity index (χ3n) is 3.11. The second-order valence-corrected chi connectivity index (χ2v) is 4.54. The van der Waals surface area contributed by atoms with Crippen LogP contribution >= 0.6 is 0 Å². The molecule has 0 radical (unpaired) electrons. The molecular weight excluding hydrogens is 262 g/mol. The fraction of sp³-hybridized carbons (Fsp3) is 0.500. The fourth-order valence-electron chi connectivity index (χ4n) is 1.85. The molecule has 1 atom stereocenters. The number of hydrogen-bond acceptors (Lipinski definition) is 4. The first-order chi connectivity index (χ1) is 9.54. The SMILES string of the molecule is CCC(CCCCOc1ccc([N+](=O)[O-])cc1)C(=O)O. The van der Waals surface area contributed by atoms with Gasteiger partial charge in [0.05, 0.1) is 17.4 Å². The van der Waals surface area contributed by atoms with Gasteiger partial charge in [-0.05, 0) is 37.8 Å². The highest BCUT2D eigenvalue weighted by atomic mass is 16.6. The first-order valence-corrected chi connectivity index (χ1v) is 6.64. The van der Waals surface area contributed by atoms with E-state index in [1.54, 1.807) is 12.1 Å². The Morgan fingerprint density at radius 3 is 2.50 bits per heavy atom. The number of nitrogens with zero attached hydrogens (tertiary/aromatic N) is 1. The van der Waals surface area contributed by atoms with Crippen molar-refractivity contribution in [1.29, 1.82) is 0 Å². The number of unbranched alkanes of at least 4 members (excludes halogenated alkanes) is 1. The van der Waals surface area contributed by atoms with E-state index in [-0.39, 0.29) is 11.6 Å². The molecule has 0 fully saturated rings. The van der Waals surface area contributed by atoms with E-state index in [1.165, 1.54) is 12.1 Å². The van der Waals surface area contributed by atoms with Crippen molar-refractivity contribution in [3.05, 3.63) is 34.4 Å². The van der Waals surface area contributed by atoms with Gasteiger partial charge in [-0.3, -0.25) is 14.9 Å². The maximum atomic E-state index is 10.8. The van der Waals surface area contributed by atoms with E-state index in [9.17, 15) is 14.9 Å². The largest absolute Gasteiger partial charge is 0.494 e. The number of ether oxygens (including phenoxy) is 1. The minimum atomic E-state index is -0.746. The Labute approximate surface area is 117 Å². The zero-order valence-electron chi connectivity index (χ0n) is 11.4. The third-order valence-corrected chi connectivity index (χ3v) is 3.11. The highest BCUT2D eigenvalue weighted by molar-refractivity contribution is 5.69. The number of benzene rings is 1. The van der Waals surface area contributed by atoms with E-state index in [4.69, 9.17) is 9.84 Å². The molecule has 0 aliphatic heterocycles. The summed E-state index contributed by atoms with van der Waals surface area (Å²) in [6, 6.07) is 5.91. The van der Waals surface area contributed by atoms with Crippen LogP contribution in [0.4, 0.5) is 5.69 Å². The molecule has 1 rings (SSSR count). The highest BCUT2D eigenvalue weighted by Crippen LogP contribution is 2.18. The molecular formula is C14H19NO5. The lowest BCUT2D eigenvalue weighted by Crippen LogP contribution is -2.12. The van der Waals surface area contributed by atoms with E-state index in [2.05, 4.69) is 0 Å². The van der Waals surface area contributed by atoms with Crippen LogP contribution in [0.25, 0.3) is 0 Å². The average molecular weight is 281 g/mol. The molecule has 0 spiro atoms. The molecule has 0 amide bonds. The lowest BCUT2D eigenvalue weighted by Gasteiger charge is -2.09. The Morgan fingerprint density at radius 1 is 1.35 bits per heavy atom. The molecule has 0 aromatic heterocycles. The van der Waals surface area contributed by atoms with Gasteiger partial charge in [0, 0.05) is 12.1 Å². The van der Waals surface area contributed by atoms with E-state index < -0.39 is 10.9 Å². The second-order valence-electron chi connectivity index (χ2n) is 4.54. The number of hydrogen-bond donors (Lipinski definition) is 1. The summed E-state index contributed by atoms with van der Waals surface area (Å²) in [5.41, 5.74) is 0.0320. The fourth-order valence-corrected chi connectivity index (χ4v) is 1.85. The highest BCUT2D eigenvalue weighted by Gasteiger charge is 2.13. The molecule has 1 aromatic rings. The lowest BCUT2D eigenvalue weighted by atomic mass is 10.00. The predicted molar refractivity (Wildman–Crippen MR) is 73.9 cm³/mol. The third kappa shape index (κ3) is 5.26. The molecule has 1 N–H and O–H groups in total. The van der Waals surface area contributed by atoms with Crippen molar-refractivity contribution < 1.29 is 19.6 Å². The molecule has 1 unspecified atom stereocenters. The van der Waals surface area contributed by atoms with Gasteiger partial charge in [-0.2, -0.15) is 0 Å². The Hall–Kier alpha value is -2.11. The van der Waals surface area contributed by atoms with Crippen LogP contribution in [-0.2, 0) is 4.79 Å². The molecule has 6 heteroatoms. The number of nitro benzene ring substituents is 1. The smallest absolute Gasteiger partial charge is 0.306 e. The summed E-state index contributed by atoms with van der Waals surface area (Å²) in [4.78, 5) is 20.8. The summed E-state index contributed by atoms with van der Waals surface area (Å²) in [5, 5.41) is 19.4. The summed E-state index contributed by atoms with van der Waals surface area (Å²) < 4.78 is 5.45. The van der Waals surface area contributed by atoms with Crippen LogP contribution < -0.4 is 4.74 Å². The van der Waals surface area contributed by atoms with Crippen LogP contribution in [0.15, 0.2) is 24.3 Å². The maximum Gasteiger partial charge on any atom is 0.306 e. The first-order valence-electron chi connectivity index (χ1n) is 6.64. The zero-order chi connectivity index (χ0) is 15.0. The standard InChI is InChI=1S/C14H19NO5/c1-2-11(14(16)17)5-3-4-10-20-13-8-6-12(7-9-13)15(18)19/h6-9,11H,2-5,10H2,1H3,(H,16,17). The van der Waals surface area contributed by atoms with Crippen molar-refractivity contribution in [1.82, 2.24) is 0 Å². The van der Waals surface area contributed by atoms with Crippen molar-refractivity contribution in [2.75, 3.05) is 6.61 Å². The van der Waals surface area contributed by atoms with Crippen molar-refractivity contribution >= 4 is 11.7 Å². The van der Waals surface area contributed by atoms with Gasteiger partial charge < -0.3 is 9.84 Å². The van der Waals surface area contributed by atoms with Crippen LogP contribution in [-0.4, -0.2) is 22.6 Å². The van der Waals surface area contributed by atoms with Gasteiger partial charge in [0.2, 0.25) is 0 Å². The number of rotatable bonds is 9. The van der Waals surface area contributed by atoms with Crippen molar-refractivity contribution in [3.63, 3.8) is 0 Å². The Bertz CT molecular complexity index is 443. The van der Waals surface area contributed by atoms with Gasteiger partial charge in [-0.25, -0.2) is 0 Å². The van der Waals surface area contributed by atoms with Gasteiger partial charge >= 0.3 is 5.97 Å². The monoisotopic (exact) mass is 281 g/mol. The molecule has 20 heavy (non-hydrogen) atoms. The van der Waals surface area contributed by atoms with Gasteiger partial charge in [-0.1, -0.05) is 6.92 Å². The predicted octanol–water partition coefficient (Wildman–Crippen LogP) is 3.25. The molecule has 1 aromatic carbocycles. The van der Waals surface area contributed by atoms with E-state index in [1.807, 2.05) is 6.92 Å². The lowest BCUT2D eigenvalue weighted by molar-refractivity contribution is -0.384. The zero-order valence-corrected chi connectivity index (χ0v) is 11.4. The van der Waals surface area contributed by atoms with Crippen molar-refractivity contribution in [3.8, 4) is 5.75 Å². The molecule has 6 nitrogen and oxygen atoms in total. The van der Waals surface area contributed by atoms with Crippen molar-refractivity contribution in [2.45, 2.75) is 32.6 Å². The number of nitro groups is 1. The summed E-state index contributed by atoms with van der Waals surface area (Å²) in [6.07, 6.45) is 2.84. The van der Waals surface area contributed by atoms with Gasteiger partial charge in [0.15, 0.2) is 0 Å². The second kappa shape index (κ2) is 8.14. The Morgan fingerprint density at radius 2 is 2.00 bits per heavy atom. The van der Waals surface area contributed by atoms with Gasteiger partial charge in [0.25, 0.3) is 5.69 Å². The topological polar surface area (TPSA) is 89.7 Å². The molecule has 0 saturated heterocycles. The number of carboxylic acid groups (broad SMARTS) is 1. The molecule has 110 valence electrons. The van der Waals surface area contributed by atoms with E-state index in [0.717, 1.165) is 12.8 Å². The maximum absolute atomic E-state index is 10.8. The normalized spacial score (nSPS) is 11.8. The van der Waals surface area contributed by atoms with E-state index >= 15 is 0 Å². The summed E-state index contributed by atoms with van der Waals surface area (Å²) in [6.45, 7) is 2.35. The van der Waals surface area contributed by atoms with Crippen LogP contribution in [0.2, 0.25) is 0 Å². The number of carboxylic acids is 1. The summed E-state index contributed by atoms with van der Waals surface area (Å²) >= 11 is 0. The minimum Gasteiger partial charge on any atom is -0.494 e. The van der Waals surface area contributed by atoms with Crippen LogP contribution in [0.3, 0.4) is 0 Å². The quantitative estimate of drug-likeness (QED) is 0.426. The molecule has 0 aliphatic rings. The molecule has 0 heterocycles. The summed E-state index contributed by atoms with van der Waals surface area (Å²) in [7, 11) is 0. The first kappa shape index (κ1) is 15.9. The molecule has 0 saturated carbocycles. The van der Waals surface area contributed by atoms with Crippen LogP contribution in [0, 0.1) is 16.0 Å². The minimum absolute atomic E-state index is 0.0320. The number of carbonyl (C=O) groups is 1. The van der Waals surface area contributed by atoms with Crippen molar-refractivity contribution in [2.24, 2.45) is 5.92 Å². The average Bonchev–Trinajstić information content (AvgIpc) is 2.42. The number of aliphatic carboxylic acids is 1. The van der Waals surface area contributed by atoms with Crippen LogP contribution in [0.1, 0.15) is 32.6 Å². The van der Waals surface area contributed by atoms with Crippen LogP contribution in [0.5, 0.6) is 5.75 Å². The Balaban J connectivity index is 2.24. The Kier molecular flexibility index (Phi) is 6.49. The summed E-state index contributed by atoms with van der Waals surface area (Å²) in [5.74, 6) is -0.445. The van der Waals surface area contributed by atoms with Gasteiger partial charge in [-0.15, -0.1) is 0 Å².